The summed E-state index contributed by atoms with van der Waals surface area (Å²) in [5.41, 5.74) is 2.32. The first-order chi connectivity index (χ1) is 13.8. The number of rotatable bonds is 6. The molecule has 2 aromatic carbocycles. The Hall–Kier alpha value is -1.75. The van der Waals surface area contributed by atoms with Gasteiger partial charge in [-0.25, -0.2) is 0 Å². The van der Waals surface area contributed by atoms with Crippen molar-refractivity contribution in [2.45, 2.75) is 31.6 Å². The standard InChI is InChI=1S/C21H20BrClF3N3/c22-19-4-2-1-3-16(19)13-29(17-6-5-15(12-27)20(23)11-17)18-7-9-28(14-18)10-8-21(24,25)26/h1-6,11,18H,7-10,13-14H2. The molecule has 1 aliphatic rings. The average Bonchev–Trinajstić information content (AvgIpc) is 3.14. The molecule has 1 unspecified atom stereocenters. The minimum atomic E-state index is -4.15. The minimum absolute atomic E-state index is 0.0109. The average molecular weight is 487 g/mol. The molecule has 8 heteroatoms. The van der Waals surface area contributed by atoms with Crippen LogP contribution in [0.1, 0.15) is 24.0 Å². The van der Waals surface area contributed by atoms with E-state index in [-0.39, 0.29) is 12.6 Å². The van der Waals surface area contributed by atoms with Crippen molar-refractivity contribution in [2.75, 3.05) is 24.5 Å². The van der Waals surface area contributed by atoms with Gasteiger partial charge in [0.2, 0.25) is 0 Å². The third-order valence-electron chi connectivity index (χ3n) is 5.10. The van der Waals surface area contributed by atoms with Gasteiger partial charge in [0, 0.05) is 42.4 Å². The van der Waals surface area contributed by atoms with E-state index in [2.05, 4.69) is 26.9 Å². The van der Waals surface area contributed by atoms with Crippen molar-refractivity contribution in [2.24, 2.45) is 0 Å². The summed E-state index contributed by atoms with van der Waals surface area (Å²) in [5.74, 6) is 0. The largest absolute Gasteiger partial charge is 0.390 e. The van der Waals surface area contributed by atoms with Crippen LogP contribution in [0.4, 0.5) is 18.9 Å². The number of benzene rings is 2. The van der Waals surface area contributed by atoms with Crippen molar-refractivity contribution in [3.8, 4) is 6.07 Å². The molecule has 1 heterocycles. The maximum atomic E-state index is 12.6. The highest BCUT2D eigenvalue weighted by Gasteiger charge is 2.32. The van der Waals surface area contributed by atoms with Crippen LogP contribution in [0, 0.1) is 11.3 Å². The zero-order valence-corrected chi connectivity index (χ0v) is 17.9. The van der Waals surface area contributed by atoms with Crippen LogP contribution >= 0.6 is 27.5 Å². The first-order valence-corrected chi connectivity index (χ1v) is 10.4. The fourth-order valence-electron chi connectivity index (χ4n) is 3.57. The third-order valence-corrected chi connectivity index (χ3v) is 6.19. The van der Waals surface area contributed by atoms with E-state index in [1.807, 2.05) is 35.2 Å². The van der Waals surface area contributed by atoms with Crippen molar-refractivity contribution >= 4 is 33.2 Å². The van der Waals surface area contributed by atoms with Gasteiger partial charge < -0.3 is 9.80 Å². The molecule has 0 saturated carbocycles. The van der Waals surface area contributed by atoms with E-state index in [0.29, 0.717) is 30.2 Å². The van der Waals surface area contributed by atoms with Crippen LogP contribution in [-0.4, -0.2) is 36.8 Å². The highest BCUT2D eigenvalue weighted by molar-refractivity contribution is 9.10. The summed E-state index contributed by atoms with van der Waals surface area (Å²) in [4.78, 5) is 4.02. The maximum Gasteiger partial charge on any atom is 0.390 e. The Morgan fingerprint density at radius 3 is 2.66 bits per heavy atom. The van der Waals surface area contributed by atoms with Crippen LogP contribution in [0.25, 0.3) is 0 Å². The smallest absolute Gasteiger partial charge is 0.363 e. The van der Waals surface area contributed by atoms with E-state index in [4.69, 9.17) is 16.9 Å². The molecular formula is C21H20BrClF3N3. The number of nitrogens with zero attached hydrogens (tertiary/aromatic N) is 3. The second kappa shape index (κ2) is 9.38. The lowest BCUT2D eigenvalue weighted by Crippen LogP contribution is -2.38. The van der Waals surface area contributed by atoms with Crippen LogP contribution < -0.4 is 4.90 Å². The number of hydrogen-bond donors (Lipinski definition) is 0. The first kappa shape index (κ1) is 21.9. The molecule has 3 rings (SSSR count). The molecule has 1 atom stereocenters. The predicted octanol–water partition coefficient (Wildman–Crippen LogP) is 6.01. The Morgan fingerprint density at radius 2 is 2.00 bits per heavy atom. The predicted molar refractivity (Wildman–Crippen MR) is 112 cm³/mol. The maximum absolute atomic E-state index is 12.6. The van der Waals surface area contributed by atoms with E-state index in [0.717, 1.165) is 22.1 Å². The van der Waals surface area contributed by atoms with Crippen molar-refractivity contribution in [3.63, 3.8) is 0 Å². The normalized spacial score (nSPS) is 17.3. The van der Waals surface area contributed by atoms with Crippen LogP contribution in [0.2, 0.25) is 5.02 Å². The number of nitriles is 1. The molecule has 0 aromatic heterocycles. The molecule has 0 amide bonds. The van der Waals surface area contributed by atoms with Gasteiger partial charge in [-0.15, -0.1) is 0 Å². The lowest BCUT2D eigenvalue weighted by atomic mass is 10.1. The van der Waals surface area contributed by atoms with Crippen LogP contribution in [-0.2, 0) is 6.54 Å². The lowest BCUT2D eigenvalue weighted by molar-refractivity contribution is -0.137. The summed E-state index contributed by atoms with van der Waals surface area (Å²) >= 11 is 9.82. The molecule has 1 aliphatic heterocycles. The highest BCUT2D eigenvalue weighted by atomic mass is 79.9. The van der Waals surface area contributed by atoms with Crippen molar-refractivity contribution in [1.82, 2.24) is 4.90 Å². The van der Waals surface area contributed by atoms with E-state index in [1.54, 1.807) is 12.1 Å². The topological polar surface area (TPSA) is 30.3 Å². The Bertz CT molecular complexity index is 897. The Balaban J connectivity index is 1.83. The van der Waals surface area contributed by atoms with Crippen molar-refractivity contribution in [1.29, 1.82) is 5.26 Å². The monoisotopic (exact) mass is 485 g/mol. The van der Waals surface area contributed by atoms with Crippen molar-refractivity contribution < 1.29 is 13.2 Å². The minimum Gasteiger partial charge on any atom is -0.363 e. The third kappa shape index (κ3) is 5.88. The van der Waals surface area contributed by atoms with Gasteiger partial charge in [-0.3, -0.25) is 0 Å². The van der Waals surface area contributed by atoms with Gasteiger partial charge in [-0.1, -0.05) is 45.7 Å². The summed E-state index contributed by atoms with van der Waals surface area (Å²) in [6.07, 6.45) is -4.18. The Morgan fingerprint density at radius 1 is 1.24 bits per heavy atom. The van der Waals surface area contributed by atoms with E-state index < -0.39 is 12.6 Å². The molecule has 0 spiro atoms. The van der Waals surface area contributed by atoms with Crippen LogP contribution in [0.15, 0.2) is 46.9 Å². The molecule has 29 heavy (non-hydrogen) atoms. The van der Waals surface area contributed by atoms with Gasteiger partial charge in [-0.05, 0) is 36.2 Å². The van der Waals surface area contributed by atoms with Gasteiger partial charge in [0.15, 0.2) is 0 Å². The quantitative estimate of drug-likeness (QED) is 0.501. The van der Waals surface area contributed by atoms with Gasteiger partial charge >= 0.3 is 6.18 Å². The molecular weight excluding hydrogens is 467 g/mol. The van der Waals surface area contributed by atoms with E-state index in [1.165, 1.54) is 0 Å². The second-order valence-corrected chi connectivity index (χ2v) is 8.37. The zero-order valence-electron chi connectivity index (χ0n) is 15.6. The van der Waals surface area contributed by atoms with E-state index >= 15 is 0 Å². The number of alkyl halides is 3. The number of halogens is 5. The molecule has 3 nitrogen and oxygen atoms in total. The summed E-state index contributed by atoms with van der Waals surface area (Å²) < 4.78 is 38.8. The molecule has 1 fully saturated rings. The van der Waals surface area contributed by atoms with Gasteiger partial charge in [0.25, 0.3) is 0 Å². The van der Waals surface area contributed by atoms with Gasteiger partial charge in [0.1, 0.15) is 6.07 Å². The number of hydrogen-bond acceptors (Lipinski definition) is 3. The summed E-state index contributed by atoms with van der Waals surface area (Å²) in [7, 11) is 0. The van der Waals surface area contributed by atoms with Crippen molar-refractivity contribution in [3.05, 3.63) is 63.1 Å². The lowest BCUT2D eigenvalue weighted by Gasteiger charge is -2.32. The molecule has 0 radical (unpaired) electrons. The Labute approximate surface area is 181 Å². The fourth-order valence-corrected chi connectivity index (χ4v) is 4.20. The molecule has 0 N–H and O–H groups in total. The summed E-state index contributed by atoms with van der Waals surface area (Å²) in [6, 6.07) is 15.3. The zero-order chi connectivity index (χ0) is 21.0. The Kier molecular flexibility index (Phi) is 7.10. The molecule has 0 aliphatic carbocycles. The summed E-state index contributed by atoms with van der Waals surface area (Å²) in [5, 5.41) is 9.51. The molecule has 0 bridgehead atoms. The second-order valence-electron chi connectivity index (χ2n) is 7.10. The van der Waals surface area contributed by atoms with Gasteiger partial charge in [-0.2, -0.15) is 18.4 Å². The fraction of sp³-hybridized carbons (Fsp3) is 0.381. The number of likely N-dealkylation sites (tertiary alicyclic amines) is 1. The van der Waals surface area contributed by atoms with E-state index in [9.17, 15) is 13.2 Å². The first-order valence-electron chi connectivity index (χ1n) is 9.25. The van der Waals surface area contributed by atoms with Gasteiger partial charge in [0.05, 0.1) is 17.0 Å². The van der Waals surface area contributed by atoms with Crippen LogP contribution in [0.3, 0.4) is 0 Å². The van der Waals surface area contributed by atoms with Crippen LogP contribution in [0.5, 0.6) is 0 Å². The SMILES string of the molecule is N#Cc1ccc(N(Cc2ccccc2Br)C2CCN(CCC(F)(F)F)C2)cc1Cl. The molecule has 2 aromatic rings. The molecule has 1 saturated heterocycles. The molecule has 154 valence electrons. The highest BCUT2D eigenvalue weighted by Crippen LogP contribution is 2.31. The number of anilines is 1. The summed E-state index contributed by atoms with van der Waals surface area (Å²) in [6.45, 7) is 1.77.